The molecule has 8 nitrogen and oxygen atoms in total. The molecule has 7 rings (SSSR count). The predicted molar refractivity (Wildman–Crippen MR) is 122 cm³/mol. The number of hydrogen-bond acceptors (Lipinski definition) is 7. The van der Waals surface area contributed by atoms with Crippen LogP contribution in [0.1, 0.15) is 30.7 Å². The molecule has 1 aliphatic carbocycles. The van der Waals surface area contributed by atoms with Gasteiger partial charge in [-0.15, -0.1) is 10.2 Å². The highest BCUT2D eigenvalue weighted by Crippen LogP contribution is 2.44. The lowest BCUT2D eigenvalue weighted by Crippen LogP contribution is -2.73. The maximum atomic E-state index is 6.39. The lowest BCUT2D eigenvalue weighted by molar-refractivity contribution is 0.110. The van der Waals surface area contributed by atoms with Gasteiger partial charge in [0.15, 0.2) is 5.82 Å². The van der Waals surface area contributed by atoms with Gasteiger partial charge in [0.1, 0.15) is 5.82 Å². The fourth-order valence-electron chi connectivity index (χ4n) is 5.71. The van der Waals surface area contributed by atoms with Crippen LogP contribution in [0.3, 0.4) is 0 Å². The lowest BCUT2D eigenvalue weighted by Gasteiger charge is -2.60. The van der Waals surface area contributed by atoms with Gasteiger partial charge in [0.05, 0.1) is 18.4 Å². The number of aromatic nitrogens is 5. The Balaban J connectivity index is 1.16. The van der Waals surface area contributed by atoms with Gasteiger partial charge in [-0.25, -0.2) is 4.98 Å². The molecule has 0 unspecified atom stereocenters. The number of anilines is 2. The van der Waals surface area contributed by atoms with Gasteiger partial charge < -0.3 is 9.80 Å². The predicted octanol–water partition coefficient (Wildman–Crippen LogP) is 2.91. The molecule has 4 aliphatic rings. The van der Waals surface area contributed by atoms with E-state index in [1.54, 1.807) is 12.4 Å². The van der Waals surface area contributed by atoms with E-state index < -0.39 is 0 Å². The molecule has 1 saturated carbocycles. The van der Waals surface area contributed by atoms with Gasteiger partial charge in [-0.05, 0) is 36.6 Å². The third-order valence-corrected chi connectivity index (χ3v) is 7.80. The Kier molecular flexibility index (Phi) is 4.05. The summed E-state index contributed by atoms with van der Waals surface area (Å²) in [4.78, 5) is 15.9. The first kappa shape index (κ1) is 18.8. The first-order valence-corrected chi connectivity index (χ1v) is 11.8. The maximum absolute atomic E-state index is 6.39. The summed E-state index contributed by atoms with van der Waals surface area (Å²) in [5.41, 5.74) is 2.74. The minimum absolute atomic E-state index is 0.315. The van der Waals surface area contributed by atoms with Crippen LogP contribution in [0.4, 0.5) is 11.8 Å². The largest absolute Gasteiger partial charge is 0.354 e. The number of rotatable bonds is 3. The highest BCUT2D eigenvalue weighted by atomic mass is 35.5. The molecule has 3 fully saturated rings. The number of halogens is 1. The Hall–Kier alpha value is -2.71. The van der Waals surface area contributed by atoms with Gasteiger partial charge >= 0.3 is 0 Å². The van der Waals surface area contributed by atoms with Crippen molar-refractivity contribution in [2.45, 2.75) is 38.4 Å². The third-order valence-electron chi connectivity index (χ3n) is 7.57. The molecule has 0 radical (unpaired) electrons. The number of nitrogens with zero attached hydrogens (tertiary/aromatic N) is 8. The zero-order chi connectivity index (χ0) is 21.3. The Morgan fingerprint density at radius 2 is 1.81 bits per heavy atom. The molecule has 32 heavy (non-hydrogen) atoms. The van der Waals surface area contributed by atoms with Crippen molar-refractivity contribution in [2.75, 3.05) is 36.0 Å². The van der Waals surface area contributed by atoms with Crippen LogP contribution < -0.4 is 9.80 Å². The van der Waals surface area contributed by atoms with Crippen molar-refractivity contribution in [1.29, 1.82) is 0 Å². The van der Waals surface area contributed by atoms with Gasteiger partial charge in [-0.3, -0.25) is 14.5 Å². The van der Waals surface area contributed by atoms with E-state index in [4.69, 9.17) is 11.6 Å². The molecule has 0 bridgehead atoms. The van der Waals surface area contributed by atoms with E-state index in [0.29, 0.717) is 11.5 Å². The molecule has 9 heteroatoms. The van der Waals surface area contributed by atoms with Gasteiger partial charge in [0.2, 0.25) is 5.95 Å². The van der Waals surface area contributed by atoms with Gasteiger partial charge in [0, 0.05) is 61.6 Å². The molecule has 164 valence electrons. The molecular weight excluding hydrogens is 424 g/mol. The molecule has 0 N–H and O–H groups in total. The fourth-order valence-corrected chi connectivity index (χ4v) is 5.91. The zero-order valence-corrected chi connectivity index (χ0v) is 18.6. The first-order chi connectivity index (χ1) is 15.7. The molecule has 1 aromatic carbocycles. The van der Waals surface area contributed by atoms with Crippen LogP contribution >= 0.6 is 11.6 Å². The van der Waals surface area contributed by atoms with Crippen LogP contribution in [-0.4, -0.2) is 61.9 Å². The molecule has 0 amide bonds. The average Bonchev–Trinajstić information content (AvgIpc) is 3.01. The molecule has 5 heterocycles. The van der Waals surface area contributed by atoms with E-state index in [0.717, 1.165) is 61.9 Å². The number of benzene rings is 1. The minimum Gasteiger partial charge on any atom is -0.354 e. The summed E-state index contributed by atoms with van der Waals surface area (Å²) in [7, 11) is 0. The standard InChI is InChI=1S/C23H25ClN8/c24-17-4-5-19-16(8-17)10-29(18-2-1-3-18)11-21-27-28-22(32(19)21)31-14-23(15-31)12-30(13-23)20-9-25-6-7-26-20/h4-9,18H,1-3,10-15H2. The number of fused-ring (bicyclic) bond motifs is 3. The van der Waals surface area contributed by atoms with Crippen molar-refractivity contribution >= 4 is 23.4 Å². The van der Waals surface area contributed by atoms with Crippen LogP contribution in [0.2, 0.25) is 5.02 Å². The van der Waals surface area contributed by atoms with E-state index in [-0.39, 0.29) is 0 Å². The Labute approximate surface area is 191 Å². The SMILES string of the molecule is Clc1ccc2c(c1)CN(C1CCC1)Cc1nnc(N3CC4(CN(c5cnccn5)C4)C3)n1-2. The van der Waals surface area contributed by atoms with Crippen molar-refractivity contribution < 1.29 is 0 Å². The summed E-state index contributed by atoms with van der Waals surface area (Å²) in [5.74, 6) is 2.96. The van der Waals surface area contributed by atoms with E-state index in [9.17, 15) is 0 Å². The topological polar surface area (TPSA) is 66.2 Å². The second-order valence-corrected chi connectivity index (χ2v) is 10.2. The van der Waals surface area contributed by atoms with Gasteiger partial charge in [-0.1, -0.05) is 18.0 Å². The van der Waals surface area contributed by atoms with Crippen LogP contribution in [0.5, 0.6) is 0 Å². The second-order valence-electron chi connectivity index (χ2n) is 9.79. The van der Waals surface area contributed by atoms with E-state index in [2.05, 4.69) is 51.6 Å². The fraction of sp³-hybridized carbons (Fsp3) is 0.478. The summed E-state index contributed by atoms with van der Waals surface area (Å²) < 4.78 is 2.27. The van der Waals surface area contributed by atoms with Crippen molar-refractivity contribution in [2.24, 2.45) is 5.41 Å². The Morgan fingerprint density at radius 3 is 2.56 bits per heavy atom. The van der Waals surface area contributed by atoms with Crippen molar-refractivity contribution in [1.82, 2.24) is 29.6 Å². The Morgan fingerprint density at radius 1 is 0.969 bits per heavy atom. The summed E-state index contributed by atoms with van der Waals surface area (Å²) >= 11 is 6.39. The van der Waals surface area contributed by atoms with Crippen LogP contribution in [0, 0.1) is 5.41 Å². The molecule has 1 spiro atoms. The highest BCUT2D eigenvalue weighted by Gasteiger charge is 2.53. The van der Waals surface area contributed by atoms with Crippen molar-refractivity contribution in [3.63, 3.8) is 0 Å². The molecule has 0 atom stereocenters. The van der Waals surface area contributed by atoms with E-state index in [1.807, 2.05) is 12.3 Å². The summed E-state index contributed by atoms with van der Waals surface area (Å²) in [5, 5.41) is 10.1. The second kappa shape index (κ2) is 6.89. The lowest BCUT2D eigenvalue weighted by atomic mass is 9.73. The van der Waals surface area contributed by atoms with Gasteiger partial charge in [0.25, 0.3) is 0 Å². The highest BCUT2D eigenvalue weighted by molar-refractivity contribution is 6.30. The van der Waals surface area contributed by atoms with Crippen molar-refractivity contribution in [3.8, 4) is 5.69 Å². The molecule has 2 aromatic heterocycles. The monoisotopic (exact) mass is 448 g/mol. The molecular formula is C23H25ClN8. The molecule has 2 saturated heterocycles. The smallest absolute Gasteiger partial charge is 0.231 e. The quantitative estimate of drug-likeness (QED) is 0.610. The summed E-state index contributed by atoms with van der Waals surface area (Å²) in [6.45, 7) is 5.79. The summed E-state index contributed by atoms with van der Waals surface area (Å²) in [6.07, 6.45) is 9.19. The first-order valence-electron chi connectivity index (χ1n) is 11.4. The molecule has 3 aliphatic heterocycles. The minimum atomic E-state index is 0.315. The van der Waals surface area contributed by atoms with E-state index >= 15 is 0 Å². The van der Waals surface area contributed by atoms with E-state index in [1.165, 1.54) is 30.5 Å². The normalized spacial score (nSPS) is 21.9. The van der Waals surface area contributed by atoms with Gasteiger partial charge in [-0.2, -0.15) is 0 Å². The van der Waals surface area contributed by atoms with Crippen LogP contribution in [0.25, 0.3) is 5.69 Å². The zero-order valence-electron chi connectivity index (χ0n) is 17.9. The third kappa shape index (κ3) is 2.85. The molecule has 3 aromatic rings. The maximum Gasteiger partial charge on any atom is 0.231 e. The summed E-state index contributed by atoms with van der Waals surface area (Å²) in [6, 6.07) is 6.87. The number of hydrogen-bond donors (Lipinski definition) is 0. The Bertz CT molecular complexity index is 1160. The van der Waals surface area contributed by atoms with Crippen molar-refractivity contribution in [3.05, 3.63) is 53.2 Å². The van der Waals surface area contributed by atoms with Crippen LogP contribution in [-0.2, 0) is 13.1 Å². The average molecular weight is 449 g/mol. The van der Waals surface area contributed by atoms with Crippen LogP contribution in [0.15, 0.2) is 36.8 Å².